The van der Waals surface area contributed by atoms with Gasteiger partial charge in [-0.3, -0.25) is 19.6 Å². The highest BCUT2D eigenvalue weighted by Crippen LogP contribution is 2.24. The second kappa shape index (κ2) is 4.47. The lowest BCUT2D eigenvalue weighted by Crippen LogP contribution is -2.37. The third-order valence-corrected chi connectivity index (χ3v) is 2.96. The topological polar surface area (TPSA) is 66.1 Å². The highest BCUT2D eigenvalue weighted by molar-refractivity contribution is 5.96. The van der Waals surface area contributed by atoms with Crippen LogP contribution >= 0.6 is 0 Å². The molecule has 0 radical (unpaired) electrons. The summed E-state index contributed by atoms with van der Waals surface area (Å²) in [6, 6.07) is -0.225. The Labute approximate surface area is 93.8 Å². The van der Waals surface area contributed by atoms with Gasteiger partial charge in [-0.1, -0.05) is 0 Å². The number of aromatic nitrogens is 2. The number of H-pyrrole nitrogens is 1. The Morgan fingerprint density at radius 3 is 2.44 bits per heavy atom. The van der Waals surface area contributed by atoms with Crippen LogP contribution in [0.3, 0.4) is 0 Å². The molecule has 0 spiro atoms. The van der Waals surface area contributed by atoms with E-state index in [-0.39, 0.29) is 17.9 Å². The van der Waals surface area contributed by atoms with E-state index in [1.165, 1.54) is 4.90 Å². The zero-order valence-electron chi connectivity index (χ0n) is 9.27. The van der Waals surface area contributed by atoms with Gasteiger partial charge in [0.25, 0.3) is 0 Å². The zero-order chi connectivity index (χ0) is 11.5. The highest BCUT2D eigenvalue weighted by atomic mass is 16.2. The fourth-order valence-electron chi connectivity index (χ4n) is 2.00. The Kier molecular flexibility index (Phi) is 3.03. The molecule has 1 fully saturated rings. The number of nitrogens with one attached hydrogen (secondary N) is 1. The van der Waals surface area contributed by atoms with Gasteiger partial charge in [-0.25, -0.2) is 0 Å². The Balaban J connectivity index is 2.22. The number of rotatable bonds is 2. The minimum Gasteiger partial charge on any atom is -0.285 e. The Morgan fingerprint density at radius 2 is 1.94 bits per heavy atom. The van der Waals surface area contributed by atoms with Gasteiger partial charge in [-0.05, 0) is 19.8 Å². The number of carbonyl (C=O) groups excluding carboxylic acids is 2. The van der Waals surface area contributed by atoms with Crippen molar-refractivity contribution < 1.29 is 9.59 Å². The molecule has 1 aliphatic heterocycles. The maximum absolute atomic E-state index is 11.8. The summed E-state index contributed by atoms with van der Waals surface area (Å²) in [6.45, 7) is 1.85. The molecule has 86 valence electrons. The van der Waals surface area contributed by atoms with Gasteiger partial charge in [0, 0.05) is 24.6 Å². The summed E-state index contributed by atoms with van der Waals surface area (Å²) < 4.78 is 0. The zero-order valence-corrected chi connectivity index (χ0v) is 9.27. The van der Waals surface area contributed by atoms with E-state index >= 15 is 0 Å². The minimum atomic E-state index is -0.225. The van der Waals surface area contributed by atoms with Crippen LogP contribution in [-0.4, -0.2) is 26.9 Å². The first kappa shape index (κ1) is 10.9. The molecule has 1 unspecified atom stereocenters. The van der Waals surface area contributed by atoms with Crippen LogP contribution in [0.4, 0.5) is 0 Å². The second-order valence-electron chi connectivity index (χ2n) is 4.07. The number of amides is 2. The molecule has 5 heteroatoms. The molecule has 2 heterocycles. The summed E-state index contributed by atoms with van der Waals surface area (Å²) in [5.74, 6) is -0.146. The highest BCUT2D eigenvalue weighted by Gasteiger charge is 2.29. The summed E-state index contributed by atoms with van der Waals surface area (Å²) in [7, 11) is 0. The lowest BCUT2D eigenvalue weighted by atomic mass is 10.1. The molecule has 5 nitrogen and oxygen atoms in total. The summed E-state index contributed by atoms with van der Waals surface area (Å²) in [5, 5.41) is 6.53. The van der Waals surface area contributed by atoms with Crippen molar-refractivity contribution in [3.63, 3.8) is 0 Å². The third-order valence-electron chi connectivity index (χ3n) is 2.96. The largest absolute Gasteiger partial charge is 0.285 e. The molecule has 1 aromatic heterocycles. The van der Waals surface area contributed by atoms with E-state index in [9.17, 15) is 9.59 Å². The normalized spacial score (nSPS) is 19.7. The minimum absolute atomic E-state index is 0.0730. The predicted molar refractivity (Wildman–Crippen MR) is 57.3 cm³/mol. The lowest BCUT2D eigenvalue weighted by Gasteiger charge is -2.25. The maximum atomic E-state index is 11.8. The van der Waals surface area contributed by atoms with Gasteiger partial charge in [-0.2, -0.15) is 5.10 Å². The molecule has 0 bridgehead atoms. The molecular formula is C11H15N3O2. The van der Waals surface area contributed by atoms with Gasteiger partial charge in [0.15, 0.2) is 0 Å². The third kappa shape index (κ3) is 1.98. The fourth-order valence-corrected chi connectivity index (χ4v) is 2.00. The molecular weight excluding hydrogens is 206 g/mol. The van der Waals surface area contributed by atoms with Crippen molar-refractivity contribution >= 4 is 11.8 Å². The average molecular weight is 221 g/mol. The van der Waals surface area contributed by atoms with Crippen LogP contribution < -0.4 is 0 Å². The second-order valence-corrected chi connectivity index (χ2v) is 4.07. The smallest absolute Gasteiger partial charge is 0.229 e. The van der Waals surface area contributed by atoms with E-state index < -0.39 is 0 Å². The van der Waals surface area contributed by atoms with Gasteiger partial charge in [0.2, 0.25) is 11.8 Å². The molecule has 16 heavy (non-hydrogen) atoms. The first-order valence-corrected chi connectivity index (χ1v) is 5.53. The standard InChI is InChI=1S/C11H15N3O2/c1-8(9-6-12-13-7-9)14-10(15)4-2-3-5-11(14)16/h6-8H,2-5H2,1H3,(H,12,13). The quantitative estimate of drug-likeness (QED) is 0.767. The first-order valence-electron chi connectivity index (χ1n) is 5.53. The van der Waals surface area contributed by atoms with E-state index in [4.69, 9.17) is 0 Å². The van der Waals surface area contributed by atoms with E-state index in [0.717, 1.165) is 18.4 Å². The Morgan fingerprint density at radius 1 is 1.31 bits per heavy atom. The molecule has 1 aliphatic rings. The van der Waals surface area contributed by atoms with Gasteiger partial charge in [0.1, 0.15) is 0 Å². The molecule has 1 saturated heterocycles. The van der Waals surface area contributed by atoms with Crippen molar-refractivity contribution in [1.29, 1.82) is 0 Å². The molecule has 2 amide bonds. The van der Waals surface area contributed by atoms with Crippen molar-refractivity contribution in [1.82, 2.24) is 15.1 Å². The number of nitrogens with zero attached hydrogens (tertiary/aromatic N) is 2. The summed E-state index contributed by atoms with van der Waals surface area (Å²) >= 11 is 0. The molecule has 0 saturated carbocycles. The number of hydrogen-bond acceptors (Lipinski definition) is 3. The Bertz CT molecular complexity index is 368. The first-order chi connectivity index (χ1) is 7.70. The van der Waals surface area contributed by atoms with Crippen molar-refractivity contribution in [2.45, 2.75) is 38.6 Å². The summed E-state index contributed by atoms with van der Waals surface area (Å²) in [6.07, 6.45) is 5.91. The van der Waals surface area contributed by atoms with Crippen LogP contribution in [0.2, 0.25) is 0 Å². The van der Waals surface area contributed by atoms with Crippen LogP contribution in [0.15, 0.2) is 12.4 Å². The van der Waals surface area contributed by atoms with E-state index in [1.54, 1.807) is 12.4 Å². The van der Waals surface area contributed by atoms with Crippen molar-refractivity contribution in [3.8, 4) is 0 Å². The Hall–Kier alpha value is -1.65. The van der Waals surface area contributed by atoms with E-state index in [2.05, 4.69) is 10.2 Å². The van der Waals surface area contributed by atoms with E-state index in [0.29, 0.717) is 12.8 Å². The molecule has 1 N–H and O–H groups in total. The van der Waals surface area contributed by atoms with Crippen LogP contribution in [0.25, 0.3) is 0 Å². The molecule has 1 aromatic rings. The number of imide groups is 1. The number of carbonyl (C=O) groups is 2. The van der Waals surface area contributed by atoms with Crippen LogP contribution in [-0.2, 0) is 9.59 Å². The molecule has 2 rings (SSSR count). The predicted octanol–water partition coefficient (Wildman–Crippen LogP) is 1.40. The molecule has 1 atom stereocenters. The van der Waals surface area contributed by atoms with E-state index in [1.807, 2.05) is 6.92 Å². The van der Waals surface area contributed by atoms with Gasteiger partial charge < -0.3 is 0 Å². The summed E-state index contributed by atoms with van der Waals surface area (Å²) in [4.78, 5) is 25.0. The lowest BCUT2D eigenvalue weighted by molar-refractivity contribution is -0.146. The maximum Gasteiger partial charge on any atom is 0.229 e. The SMILES string of the molecule is CC(c1cn[nH]c1)N1C(=O)CCCCC1=O. The number of aromatic amines is 1. The fraction of sp³-hybridized carbons (Fsp3) is 0.545. The summed E-state index contributed by atoms with van der Waals surface area (Å²) in [5.41, 5.74) is 0.864. The van der Waals surface area contributed by atoms with Gasteiger partial charge in [-0.15, -0.1) is 0 Å². The molecule has 0 aliphatic carbocycles. The molecule has 0 aromatic carbocycles. The van der Waals surface area contributed by atoms with Crippen LogP contribution in [0, 0.1) is 0 Å². The average Bonchev–Trinajstić information content (AvgIpc) is 2.72. The van der Waals surface area contributed by atoms with Crippen molar-refractivity contribution in [2.75, 3.05) is 0 Å². The van der Waals surface area contributed by atoms with Gasteiger partial charge in [0.05, 0.1) is 12.2 Å². The van der Waals surface area contributed by atoms with Crippen LogP contribution in [0.5, 0.6) is 0 Å². The number of hydrogen-bond donors (Lipinski definition) is 1. The monoisotopic (exact) mass is 221 g/mol. The van der Waals surface area contributed by atoms with Crippen LogP contribution in [0.1, 0.15) is 44.2 Å². The van der Waals surface area contributed by atoms with Crippen molar-refractivity contribution in [2.24, 2.45) is 0 Å². The number of likely N-dealkylation sites (tertiary alicyclic amines) is 1. The van der Waals surface area contributed by atoms with Crippen molar-refractivity contribution in [3.05, 3.63) is 18.0 Å². The van der Waals surface area contributed by atoms with Gasteiger partial charge >= 0.3 is 0 Å².